The van der Waals surface area contributed by atoms with Crippen LogP contribution in [0.3, 0.4) is 0 Å². The SMILES string of the molecule is CC(C)OP(=O)(O)OC(C)(C)CCC(C)(C)N1CCN(C(C)(C)C)CC1. The highest BCUT2D eigenvalue weighted by Gasteiger charge is 2.37. The molecule has 0 aromatic carbocycles. The number of phosphoric acid groups is 1. The maximum absolute atomic E-state index is 12.1. The molecule has 1 aliphatic heterocycles. The van der Waals surface area contributed by atoms with Crippen molar-refractivity contribution in [3.05, 3.63) is 0 Å². The molecule has 1 atom stereocenters. The minimum Gasteiger partial charge on any atom is -0.302 e. The molecule has 1 rings (SSSR count). The first kappa shape index (κ1) is 24.1. The average molecular weight is 393 g/mol. The standard InChI is InChI=1S/C19H41N2O4P/c1-16(2)24-26(22,23)25-19(8,9)11-10-18(6,7)21-14-12-20(13-15-21)17(3,4)5/h16H,10-15H2,1-9H3,(H,22,23). The Bertz CT molecular complexity index is 492. The Morgan fingerprint density at radius 1 is 0.923 bits per heavy atom. The van der Waals surface area contributed by atoms with Crippen molar-refractivity contribution >= 4 is 7.82 Å². The van der Waals surface area contributed by atoms with Crippen LogP contribution in [0.1, 0.15) is 75.2 Å². The summed E-state index contributed by atoms with van der Waals surface area (Å²) in [4.78, 5) is 14.9. The molecule has 1 unspecified atom stereocenters. The fraction of sp³-hybridized carbons (Fsp3) is 1.00. The molecule has 6 nitrogen and oxygen atoms in total. The van der Waals surface area contributed by atoms with Crippen molar-refractivity contribution < 1.29 is 18.5 Å². The number of phosphoric ester groups is 1. The average Bonchev–Trinajstić information content (AvgIpc) is 2.42. The highest BCUT2D eigenvalue weighted by molar-refractivity contribution is 7.47. The van der Waals surface area contributed by atoms with Gasteiger partial charge >= 0.3 is 7.82 Å². The van der Waals surface area contributed by atoms with E-state index in [9.17, 15) is 9.46 Å². The van der Waals surface area contributed by atoms with Crippen LogP contribution in [0.2, 0.25) is 0 Å². The van der Waals surface area contributed by atoms with E-state index < -0.39 is 13.4 Å². The smallest absolute Gasteiger partial charge is 0.302 e. The van der Waals surface area contributed by atoms with Crippen molar-refractivity contribution in [2.75, 3.05) is 26.2 Å². The third-order valence-corrected chi connectivity index (χ3v) is 6.54. The molecule has 0 aliphatic carbocycles. The van der Waals surface area contributed by atoms with Gasteiger partial charge in [-0.25, -0.2) is 4.57 Å². The second-order valence-electron chi connectivity index (χ2n) is 9.93. The van der Waals surface area contributed by atoms with Crippen molar-refractivity contribution in [1.29, 1.82) is 0 Å². The lowest BCUT2D eigenvalue weighted by molar-refractivity contribution is -0.00798. The summed E-state index contributed by atoms with van der Waals surface area (Å²) in [5.74, 6) is 0. The molecule has 26 heavy (non-hydrogen) atoms. The zero-order valence-corrected chi connectivity index (χ0v) is 19.2. The van der Waals surface area contributed by atoms with Gasteiger partial charge in [0.1, 0.15) is 0 Å². The van der Waals surface area contributed by atoms with Gasteiger partial charge in [-0.1, -0.05) is 0 Å². The van der Waals surface area contributed by atoms with Crippen LogP contribution in [0.4, 0.5) is 0 Å². The minimum absolute atomic E-state index is 0.0168. The summed E-state index contributed by atoms with van der Waals surface area (Å²) in [5.41, 5.74) is -0.489. The highest BCUT2D eigenvalue weighted by Crippen LogP contribution is 2.49. The van der Waals surface area contributed by atoms with Crippen LogP contribution in [0.5, 0.6) is 0 Å². The molecule has 1 heterocycles. The largest absolute Gasteiger partial charge is 0.472 e. The van der Waals surface area contributed by atoms with Gasteiger partial charge < -0.3 is 4.89 Å². The molecule has 0 amide bonds. The molecule has 1 N–H and O–H groups in total. The molecule has 1 fully saturated rings. The lowest BCUT2D eigenvalue weighted by Gasteiger charge is -2.48. The van der Waals surface area contributed by atoms with Crippen LogP contribution in [0, 0.1) is 0 Å². The summed E-state index contributed by atoms with van der Waals surface area (Å²) in [5, 5.41) is 0. The molecule has 0 bridgehead atoms. The Balaban J connectivity index is 2.58. The van der Waals surface area contributed by atoms with Crippen molar-refractivity contribution in [2.45, 2.75) is 97.9 Å². The van der Waals surface area contributed by atoms with Gasteiger partial charge in [-0.3, -0.25) is 18.8 Å². The molecule has 0 aromatic rings. The van der Waals surface area contributed by atoms with Crippen molar-refractivity contribution in [2.24, 2.45) is 0 Å². The van der Waals surface area contributed by atoms with Crippen LogP contribution in [0.15, 0.2) is 0 Å². The van der Waals surface area contributed by atoms with E-state index >= 15 is 0 Å². The van der Waals surface area contributed by atoms with Crippen LogP contribution in [-0.2, 0) is 13.6 Å². The second kappa shape index (κ2) is 8.59. The normalized spacial score (nSPS) is 21.2. The number of hydrogen-bond acceptors (Lipinski definition) is 5. The summed E-state index contributed by atoms with van der Waals surface area (Å²) < 4.78 is 22.6. The summed E-state index contributed by atoms with van der Waals surface area (Å²) in [6, 6.07) is 0. The summed E-state index contributed by atoms with van der Waals surface area (Å²) in [6.45, 7) is 22.7. The van der Waals surface area contributed by atoms with Crippen molar-refractivity contribution in [3.63, 3.8) is 0 Å². The van der Waals surface area contributed by atoms with Gasteiger partial charge in [0.15, 0.2) is 0 Å². The first-order valence-electron chi connectivity index (χ1n) is 9.76. The number of nitrogens with zero attached hydrogens (tertiary/aromatic N) is 2. The van der Waals surface area contributed by atoms with E-state index in [1.165, 1.54) is 0 Å². The summed E-state index contributed by atoms with van der Waals surface area (Å²) >= 11 is 0. The monoisotopic (exact) mass is 392 g/mol. The fourth-order valence-electron chi connectivity index (χ4n) is 3.39. The van der Waals surface area contributed by atoms with Crippen LogP contribution < -0.4 is 0 Å². The van der Waals surface area contributed by atoms with E-state index in [1.54, 1.807) is 13.8 Å². The van der Waals surface area contributed by atoms with E-state index in [0.717, 1.165) is 32.6 Å². The summed E-state index contributed by atoms with van der Waals surface area (Å²) in [7, 11) is -4.03. The Morgan fingerprint density at radius 3 is 1.81 bits per heavy atom. The Labute approximate surface area is 160 Å². The third kappa shape index (κ3) is 7.95. The van der Waals surface area contributed by atoms with Crippen LogP contribution in [0.25, 0.3) is 0 Å². The van der Waals surface area contributed by atoms with Crippen LogP contribution >= 0.6 is 7.82 Å². The zero-order valence-electron chi connectivity index (χ0n) is 18.3. The van der Waals surface area contributed by atoms with Crippen LogP contribution in [-0.4, -0.2) is 63.7 Å². The Hall–Kier alpha value is 0.0300. The van der Waals surface area contributed by atoms with E-state index in [1.807, 2.05) is 13.8 Å². The quantitative estimate of drug-likeness (QED) is 0.622. The van der Waals surface area contributed by atoms with Gasteiger partial charge in [0.25, 0.3) is 0 Å². The molecule has 0 spiro atoms. The fourth-order valence-corrected chi connectivity index (χ4v) is 4.69. The molecule has 1 saturated heterocycles. The molecule has 0 saturated carbocycles. The number of piperazine rings is 1. The number of rotatable bonds is 8. The molecular weight excluding hydrogens is 351 g/mol. The lowest BCUT2D eigenvalue weighted by Crippen LogP contribution is -2.58. The van der Waals surface area contributed by atoms with E-state index in [0.29, 0.717) is 6.42 Å². The molecule has 156 valence electrons. The molecular formula is C19H41N2O4P. The predicted molar refractivity (Wildman–Crippen MR) is 107 cm³/mol. The van der Waals surface area contributed by atoms with Gasteiger partial charge in [0, 0.05) is 37.3 Å². The summed E-state index contributed by atoms with van der Waals surface area (Å²) in [6.07, 6.45) is 1.22. The highest BCUT2D eigenvalue weighted by atomic mass is 31.2. The Morgan fingerprint density at radius 2 is 1.38 bits per heavy atom. The van der Waals surface area contributed by atoms with Gasteiger partial charge in [-0.15, -0.1) is 0 Å². The second-order valence-corrected chi connectivity index (χ2v) is 11.3. The van der Waals surface area contributed by atoms with E-state index in [-0.39, 0.29) is 17.2 Å². The maximum atomic E-state index is 12.1. The zero-order chi connectivity index (χ0) is 20.4. The Kier molecular flexibility index (Phi) is 7.95. The van der Waals surface area contributed by atoms with Crippen molar-refractivity contribution in [3.8, 4) is 0 Å². The van der Waals surface area contributed by atoms with E-state index in [4.69, 9.17) is 9.05 Å². The lowest BCUT2D eigenvalue weighted by atomic mass is 9.89. The molecule has 1 aliphatic rings. The van der Waals surface area contributed by atoms with Crippen molar-refractivity contribution in [1.82, 2.24) is 9.80 Å². The number of hydrogen-bond donors (Lipinski definition) is 1. The first-order valence-corrected chi connectivity index (χ1v) is 11.3. The molecule has 7 heteroatoms. The maximum Gasteiger partial charge on any atom is 0.472 e. The minimum atomic E-state index is -4.03. The topological polar surface area (TPSA) is 62.2 Å². The van der Waals surface area contributed by atoms with Gasteiger partial charge in [-0.05, 0) is 75.2 Å². The van der Waals surface area contributed by atoms with Gasteiger partial charge in [0.05, 0.1) is 11.7 Å². The molecule has 0 radical (unpaired) electrons. The first-order chi connectivity index (χ1) is 11.5. The molecule has 0 aromatic heterocycles. The van der Waals surface area contributed by atoms with Gasteiger partial charge in [0.2, 0.25) is 0 Å². The third-order valence-electron chi connectivity index (χ3n) is 5.13. The van der Waals surface area contributed by atoms with Gasteiger partial charge in [-0.2, -0.15) is 0 Å². The van der Waals surface area contributed by atoms with E-state index in [2.05, 4.69) is 44.4 Å². The predicted octanol–water partition coefficient (Wildman–Crippen LogP) is 4.28.